The van der Waals surface area contributed by atoms with Crippen molar-refractivity contribution in [3.05, 3.63) is 52.1 Å². The lowest BCUT2D eigenvalue weighted by atomic mass is 9.89. The molecule has 1 heterocycles. The van der Waals surface area contributed by atoms with E-state index in [1.54, 1.807) is 7.11 Å². The Morgan fingerprint density at radius 1 is 1.22 bits per heavy atom. The van der Waals surface area contributed by atoms with Crippen molar-refractivity contribution in [1.82, 2.24) is 0 Å². The summed E-state index contributed by atoms with van der Waals surface area (Å²) in [6, 6.07) is 8.82. The fourth-order valence-electron chi connectivity index (χ4n) is 2.60. The van der Waals surface area contributed by atoms with Gasteiger partial charge in [-0.3, -0.25) is 9.59 Å². The lowest BCUT2D eigenvalue weighted by Gasteiger charge is -2.20. The highest BCUT2D eigenvalue weighted by Crippen LogP contribution is 2.34. The molecule has 2 aromatic rings. The first-order valence-corrected chi connectivity index (χ1v) is 9.53. The number of benzene rings is 1. The lowest BCUT2D eigenvalue weighted by molar-refractivity contribution is -0.141. The summed E-state index contributed by atoms with van der Waals surface area (Å²) in [5.74, 6) is 0.402. The van der Waals surface area contributed by atoms with Crippen molar-refractivity contribution in [2.75, 3.05) is 14.2 Å². The van der Waals surface area contributed by atoms with Gasteiger partial charge in [0.05, 0.1) is 26.4 Å². The summed E-state index contributed by atoms with van der Waals surface area (Å²) in [6.45, 7) is 3.79. The molecule has 0 spiro atoms. The molecule has 0 aliphatic carbocycles. The molecule has 6 nitrogen and oxygen atoms in total. The zero-order valence-corrected chi connectivity index (χ0v) is 16.7. The molecular weight excluding hydrogens is 368 g/mol. The summed E-state index contributed by atoms with van der Waals surface area (Å²) in [5, 5.41) is 10.2. The predicted octanol–water partition coefficient (Wildman–Crippen LogP) is 3.95. The third-order valence-corrected chi connectivity index (χ3v) is 5.23. The van der Waals surface area contributed by atoms with Crippen molar-refractivity contribution < 1.29 is 23.8 Å². The summed E-state index contributed by atoms with van der Waals surface area (Å²) in [5.41, 5.74) is -0.517. The molecule has 1 aromatic heterocycles. The van der Waals surface area contributed by atoms with Crippen LogP contribution in [0.4, 0.5) is 0 Å². The number of hydrogen-bond donors (Lipinski definition) is 1. The minimum Gasteiger partial charge on any atom is -0.502 e. The first-order valence-electron chi connectivity index (χ1n) is 8.55. The SMILES string of the molecule is COC(=O)CC(c1oc(CSc2ccc(OC)cc2)cc(=O)c1O)C(C)C. The molecule has 2 rings (SSSR count). The second-order valence-electron chi connectivity index (χ2n) is 6.38. The second kappa shape index (κ2) is 9.50. The van der Waals surface area contributed by atoms with Gasteiger partial charge in [0, 0.05) is 16.9 Å². The minimum absolute atomic E-state index is 0.0253. The number of hydrogen-bond acceptors (Lipinski definition) is 7. The van der Waals surface area contributed by atoms with E-state index in [9.17, 15) is 14.7 Å². The van der Waals surface area contributed by atoms with Crippen molar-refractivity contribution in [2.45, 2.75) is 36.8 Å². The number of esters is 1. The number of methoxy groups -OCH3 is 2. The smallest absolute Gasteiger partial charge is 0.306 e. The highest BCUT2D eigenvalue weighted by molar-refractivity contribution is 7.98. The molecule has 0 amide bonds. The summed E-state index contributed by atoms with van der Waals surface area (Å²) in [6.07, 6.45) is 0.0275. The van der Waals surface area contributed by atoms with Crippen LogP contribution in [-0.4, -0.2) is 25.3 Å². The van der Waals surface area contributed by atoms with Crippen LogP contribution in [0.2, 0.25) is 0 Å². The molecule has 0 saturated carbocycles. The van der Waals surface area contributed by atoms with E-state index in [4.69, 9.17) is 13.9 Å². The van der Waals surface area contributed by atoms with E-state index in [1.807, 2.05) is 38.1 Å². The Kier molecular flexibility index (Phi) is 7.36. The van der Waals surface area contributed by atoms with E-state index < -0.39 is 23.1 Å². The highest BCUT2D eigenvalue weighted by atomic mass is 32.2. The molecule has 1 unspecified atom stereocenters. The highest BCUT2D eigenvalue weighted by Gasteiger charge is 2.27. The molecule has 1 aromatic carbocycles. The van der Waals surface area contributed by atoms with E-state index in [2.05, 4.69) is 0 Å². The van der Waals surface area contributed by atoms with Crippen molar-refractivity contribution in [1.29, 1.82) is 0 Å². The van der Waals surface area contributed by atoms with Crippen LogP contribution in [0.15, 0.2) is 44.4 Å². The van der Waals surface area contributed by atoms with Crippen LogP contribution in [0, 0.1) is 5.92 Å². The van der Waals surface area contributed by atoms with Gasteiger partial charge in [-0.2, -0.15) is 0 Å². The van der Waals surface area contributed by atoms with Gasteiger partial charge in [-0.1, -0.05) is 13.8 Å². The predicted molar refractivity (Wildman–Crippen MR) is 103 cm³/mol. The average molecular weight is 392 g/mol. The second-order valence-corrected chi connectivity index (χ2v) is 7.43. The number of carbonyl (C=O) groups is 1. The standard InChI is InChI=1S/C20H24O6S/c1-12(2)16(10-18(22)25-4)20-19(23)17(21)9-14(26-20)11-27-15-7-5-13(24-3)6-8-15/h5-9,12,16,23H,10-11H2,1-4H3. The van der Waals surface area contributed by atoms with E-state index in [0.717, 1.165) is 10.6 Å². The van der Waals surface area contributed by atoms with Gasteiger partial charge in [-0.05, 0) is 30.2 Å². The topological polar surface area (TPSA) is 86.0 Å². The van der Waals surface area contributed by atoms with Gasteiger partial charge in [0.1, 0.15) is 11.5 Å². The molecular formula is C20H24O6S. The van der Waals surface area contributed by atoms with Gasteiger partial charge in [0.15, 0.2) is 5.76 Å². The first-order chi connectivity index (χ1) is 12.8. The van der Waals surface area contributed by atoms with Crippen LogP contribution in [0.3, 0.4) is 0 Å². The largest absolute Gasteiger partial charge is 0.502 e. The number of aromatic hydroxyl groups is 1. The monoisotopic (exact) mass is 392 g/mol. The van der Waals surface area contributed by atoms with Crippen LogP contribution >= 0.6 is 11.8 Å². The van der Waals surface area contributed by atoms with E-state index in [1.165, 1.54) is 24.9 Å². The molecule has 0 saturated heterocycles. The Labute approximate surface area is 162 Å². The molecule has 1 atom stereocenters. The van der Waals surface area contributed by atoms with Gasteiger partial charge >= 0.3 is 5.97 Å². The summed E-state index contributed by atoms with van der Waals surface area (Å²) in [7, 11) is 2.91. The van der Waals surface area contributed by atoms with E-state index in [-0.39, 0.29) is 18.1 Å². The maximum atomic E-state index is 12.2. The normalized spacial score (nSPS) is 12.0. The van der Waals surface area contributed by atoms with Crippen LogP contribution in [0.1, 0.15) is 37.7 Å². The summed E-state index contributed by atoms with van der Waals surface area (Å²) >= 11 is 1.49. The number of rotatable bonds is 8. The van der Waals surface area contributed by atoms with Gasteiger partial charge < -0.3 is 19.0 Å². The molecule has 0 aliphatic heterocycles. The fourth-order valence-corrected chi connectivity index (χ4v) is 3.38. The number of thioether (sulfide) groups is 1. The quantitative estimate of drug-likeness (QED) is 0.538. The maximum absolute atomic E-state index is 12.2. The molecule has 0 aliphatic rings. The van der Waals surface area contributed by atoms with Gasteiger partial charge in [-0.25, -0.2) is 0 Å². The first kappa shape index (κ1) is 20.9. The molecule has 7 heteroatoms. The Hall–Kier alpha value is -2.41. The zero-order valence-electron chi connectivity index (χ0n) is 15.9. The minimum atomic E-state index is -0.517. The van der Waals surface area contributed by atoms with Crippen LogP contribution < -0.4 is 10.2 Å². The third kappa shape index (κ3) is 5.53. The van der Waals surface area contributed by atoms with Crippen LogP contribution in [0.5, 0.6) is 11.5 Å². The Morgan fingerprint density at radius 3 is 2.44 bits per heavy atom. The number of carbonyl (C=O) groups excluding carboxylic acids is 1. The molecule has 27 heavy (non-hydrogen) atoms. The van der Waals surface area contributed by atoms with Crippen molar-refractivity contribution in [2.24, 2.45) is 5.92 Å². The molecule has 0 radical (unpaired) electrons. The van der Waals surface area contributed by atoms with Crippen LogP contribution in [-0.2, 0) is 15.3 Å². The number of ether oxygens (including phenoxy) is 2. The maximum Gasteiger partial charge on any atom is 0.306 e. The van der Waals surface area contributed by atoms with E-state index >= 15 is 0 Å². The molecule has 0 fully saturated rings. The molecule has 146 valence electrons. The fraction of sp³-hybridized carbons (Fsp3) is 0.400. The molecule has 1 N–H and O–H groups in total. The summed E-state index contributed by atoms with van der Waals surface area (Å²) in [4.78, 5) is 24.9. The Balaban J connectivity index is 2.25. The lowest BCUT2D eigenvalue weighted by Crippen LogP contribution is -2.16. The zero-order chi connectivity index (χ0) is 20.0. The molecule has 0 bridgehead atoms. The Morgan fingerprint density at radius 2 is 1.89 bits per heavy atom. The van der Waals surface area contributed by atoms with Gasteiger partial charge in [0.2, 0.25) is 11.2 Å². The Bertz CT molecular complexity index is 825. The van der Waals surface area contributed by atoms with Crippen molar-refractivity contribution in [3.8, 4) is 11.5 Å². The van der Waals surface area contributed by atoms with Crippen LogP contribution in [0.25, 0.3) is 0 Å². The van der Waals surface area contributed by atoms with Crippen molar-refractivity contribution in [3.63, 3.8) is 0 Å². The average Bonchev–Trinajstić information content (AvgIpc) is 2.67. The van der Waals surface area contributed by atoms with Crippen molar-refractivity contribution >= 4 is 17.7 Å². The van der Waals surface area contributed by atoms with Gasteiger partial charge in [-0.15, -0.1) is 11.8 Å². The van der Waals surface area contributed by atoms with E-state index in [0.29, 0.717) is 11.5 Å². The summed E-state index contributed by atoms with van der Waals surface area (Å²) < 4.78 is 15.7. The third-order valence-electron chi connectivity index (χ3n) is 4.20. The van der Waals surface area contributed by atoms with Gasteiger partial charge in [0.25, 0.3) is 0 Å².